The van der Waals surface area contributed by atoms with Gasteiger partial charge in [-0.15, -0.1) is 0 Å². The maximum atomic E-state index is 11.8. The molecule has 1 N–H and O–H groups in total. The van der Waals surface area contributed by atoms with Gasteiger partial charge in [-0.3, -0.25) is 4.79 Å². The van der Waals surface area contributed by atoms with Crippen molar-refractivity contribution in [3.63, 3.8) is 0 Å². The van der Waals surface area contributed by atoms with Crippen LogP contribution in [0.15, 0.2) is 41.0 Å². The topological polar surface area (TPSA) is 42.2 Å². The summed E-state index contributed by atoms with van der Waals surface area (Å²) in [5.41, 5.74) is 3.14. The largest absolute Gasteiger partial charge is 0.459 e. The lowest BCUT2D eigenvalue weighted by Gasteiger charge is -2.06. The molecule has 0 saturated carbocycles. The minimum atomic E-state index is -0.171. The molecule has 17 heavy (non-hydrogen) atoms. The molecule has 0 aliphatic rings. The van der Waals surface area contributed by atoms with E-state index in [1.807, 2.05) is 38.1 Å². The van der Waals surface area contributed by atoms with Gasteiger partial charge in [-0.1, -0.05) is 24.3 Å². The predicted molar refractivity (Wildman–Crippen MR) is 65.8 cm³/mol. The van der Waals surface area contributed by atoms with Gasteiger partial charge in [-0.25, -0.2) is 0 Å². The summed E-state index contributed by atoms with van der Waals surface area (Å²) in [5.74, 6) is 0.217. The number of carbonyl (C=O) groups is 1. The van der Waals surface area contributed by atoms with Gasteiger partial charge in [0.1, 0.15) is 0 Å². The van der Waals surface area contributed by atoms with Gasteiger partial charge in [0.15, 0.2) is 5.76 Å². The fourth-order valence-corrected chi connectivity index (χ4v) is 1.67. The second kappa shape index (κ2) is 4.87. The molecule has 2 aromatic rings. The number of nitrogens with one attached hydrogen (secondary N) is 1. The molecule has 0 aliphatic heterocycles. The average molecular weight is 229 g/mol. The van der Waals surface area contributed by atoms with Gasteiger partial charge in [0.05, 0.1) is 6.26 Å². The Morgan fingerprint density at radius 2 is 1.94 bits per heavy atom. The Hall–Kier alpha value is -2.03. The van der Waals surface area contributed by atoms with E-state index in [1.165, 1.54) is 11.8 Å². The molecule has 3 heteroatoms. The van der Waals surface area contributed by atoms with E-state index in [0.29, 0.717) is 12.3 Å². The van der Waals surface area contributed by atoms with Crippen molar-refractivity contribution in [1.29, 1.82) is 0 Å². The number of rotatable bonds is 3. The van der Waals surface area contributed by atoms with Gasteiger partial charge in [0.2, 0.25) is 0 Å². The van der Waals surface area contributed by atoms with Crippen molar-refractivity contribution in [3.05, 3.63) is 59.0 Å². The Bertz CT molecular complexity index is 529. The highest BCUT2D eigenvalue weighted by molar-refractivity contribution is 5.92. The van der Waals surface area contributed by atoms with Crippen molar-refractivity contribution in [2.75, 3.05) is 0 Å². The van der Waals surface area contributed by atoms with Gasteiger partial charge < -0.3 is 9.73 Å². The summed E-state index contributed by atoms with van der Waals surface area (Å²) in [6.45, 7) is 4.40. The zero-order valence-corrected chi connectivity index (χ0v) is 9.99. The van der Waals surface area contributed by atoms with Crippen LogP contribution in [0.4, 0.5) is 0 Å². The second-order valence-corrected chi connectivity index (χ2v) is 4.04. The molecule has 0 unspecified atom stereocenters. The first kappa shape index (κ1) is 11.5. The molecule has 1 aromatic carbocycles. The van der Waals surface area contributed by atoms with E-state index < -0.39 is 0 Å². The van der Waals surface area contributed by atoms with Crippen LogP contribution >= 0.6 is 0 Å². The molecule has 0 radical (unpaired) electrons. The van der Waals surface area contributed by atoms with Crippen LogP contribution in [0.5, 0.6) is 0 Å². The highest BCUT2D eigenvalue weighted by atomic mass is 16.3. The molecule has 0 fully saturated rings. The standard InChI is InChI=1S/C14H15NO2/c1-10-5-3-4-6-12(10)9-15-14(16)13-11(2)7-8-17-13/h3-8H,9H2,1-2H3,(H,15,16). The molecule has 1 aromatic heterocycles. The summed E-state index contributed by atoms with van der Waals surface area (Å²) in [4.78, 5) is 11.8. The number of carbonyl (C=O) groups excluding carboxylic acids is 1. The lowest BCUT2D eigenvalue weighted by Crippen LogP contribution is -2.23. The summed E-state index contributed by atoms with van der Waals surface area (Å²) < 4.78 is 5.13. The van der Waals surface area contributed by atoms with Crippen molar-refractivity contribution < 1.29 is 9.21 Å². The Kier molecular flexibility index (Phi) is 3.28. The third-order valence-electron chi connectivity index (χ3n) is 2.77. The fraction of sp³-hybridized carbons (Fsp3) is 0.214. The molecule has 0 spiro atoms. The Balaban J connectivity index is 2.02. The van der Waals surface area contributed by atoms with E-state index in [-0.39, 0.29) is 5.91 Å². The smallest absolute Gasteiger partial charge is 0.287 e. The summed E-state index contributed by atoms with van der Waals surface area (Å²) in [7, 11) is 0. The maximum Gasteiger partial charge on any atom is 0.287 e. The van der Waals surface area contributed by atoms with Crippen LogP contribution in [0.2, 0.25) is 0 Å². The predicted octanol–water partition coefficient (Wildman–Crippen LogP) is 2.83. The van der Waals surface area contributed by atoms with Gasteiger partial charge in [0.25, 0.3) is 5.91 Å². The van der Waals surface area contributed by atoms with E-state index in [0.717, 1.165) is 11.1 Å². The minimum absolute atomic E-state index is 0.171. The van der Waals surface area contributed by atoms with E-state index >= 15 is 0 Å². The molecule has 3 nitrogen and oxygen atoms in total. The maximum absolute atomic E-state index is 11.8. The van der Waals surface area contributed by atoms with Crippen LogP contribution in [-0.2, 0) is 6.54 Å². The minimum Gasteiger partial charge on any atom is -0.459 e. The number of hydrogen-bond acceptors (Lipinski definition) is 2. The highest BCUT2D eigenvalue weighted by Gasteiger charge is 2.11. The number of furan rings is 1. The number of hydrogen-bond donors (Lipinski definition) is 1. The first-order valence-electron chi connectivity index (χ1n) is 5.55. The lowest BCUT2D eigenvalue weighted by atomic mass is 10.1. The summed E-state index contributed by atoms with van der Waals surface area (Å²) in [6, 6.07) is 9.76. The van der Waals surface area contributed by atoms with Gasteiger partial charge in [-0.05, 0) is 31.0 Å². The number of amides is 1. The quantitative estimate of drug-likeness (QED) is 0.879. The molecule has 2 rings (SSSR count). The Morgan fingerprint density at radius 1 is 1.18 bits per heavy atom. The molecule has 88 valence electrons. The average Bonchev–Trinajstić information content (AvgIpc) is 2.74. The van der Waals surface area contributed by atoms with Crippen LogP contribution in [0.3, 0.4) is 0 Å². The molecule has 0 atom stereocenters. The first-order valence-corrected chi connectivity index (χ1v) is 5.55. The molecule has 1 amide bonds. The van der Waals surface area contributed by atoms with Gasteiger partial charge >= 0.3 is 0 Å². The SMILES string of the molecule is Cc1ccccc1CNC(=O)c1occc1C. The van der Waals surface area contributed by atoms with Crippen LogP contribution in [0, 0.1) is 13.8 Å². The van der Waals surface area contributed by atoms with Crippen LogP contribution in [0.25, 0.3) is 0 Å². The molecular formula is C14H15NO2. The van der Waals surface area contributed by atoms with Crippen molar-refractivity contribution in [2.45, 2.75) is 20.4 Å². The fourth-order valence-electron chi connectivity index (χ4n) is 1.67. The third-order valence-corrected chi connectivity index (χ3v) is 2.77. The van der Waals surface area contributed by atoms with Crippen LogP contribution in [0.1, 0.15) is 27.2 Å². The zero-order chi connectivity index (χ0) is 12.3. The van der Waals surface area contributed by atoms with Crippen molar-refractivity contribution in [3.8, 4) is 0 Å². The second-order valence-electron chi connectivity index (χ2n) is 4.04. The summed E-state index contributed by atoms with van der Waals surface area (Å²) >= 11 is 0. The number of aryl methyl sites for hydroxylation is 2. The van der Waals surface area contributed by atoms with Gasteiger partial charge in [0, 0.05) is 12.1 Å². The zero-order valence-electron chi connectivity index (χ0n) is 9.99. The molecule has 0 bridgehead atoms. The van der Waals surface area contributed by atoms with Crippen molar-refractivity contribution in [2.24, 2.45) is 0 Å². The Labute approximate surface area is 100 Å². The van der Waals surface area contributed by atoms with E-state index in [9.17, 15) is 4.79 Å². The number of benzene rings is 1. The van der Waals surface area contributed by atoms with E-state index in [2.05, 4.69) is 5.32 Å². The monoisotopic (exact) mass is 229 g/mol. The van der Waals surface area contributed by atoms with E-state index in [4.69, 9.17) is 4.42 Å². The van der Waals surface area contributed by atoms with Gasteiger partial charge in [-0.2, -0.15) is 0 Å². The third kappa shape index (κ3) is 2.56. The lowest BCUT2D eigenvalue weighted by molar-refractivity contribution is 0.0922. The van der Waals surface area contributed by atoms with E-state index in [1.54, 1.807) is 6.07 Å². The summed E-state index contributed by atoms with van der Waals surface area (Å²) in [5, 5.41) is 2.85. The summed E-state index contributed by atoms with van der Waals surface area (Å²) in [6.07, 6.45) is 1.53. The van der Waals surface area contributed by atoms with Crippen molar-refractivity contribution in [1.82, 2.24) is 5.32 Å². The highest BCUT2D eigenvalue weighted by Crippen LogP contribution is 2.10. The van der Waals surface area contributed by atoms with Crippen LogP contribution < -0.4 is 5.32 Å². The molecular weight excluding hydrogens is 214 g/mol. The molecule has 0 aliphatic carbocycles. The Morgan fingerprint density at radius 3 is 2.59 bits per heavy atom. The normalized spacial score (nSPS) is 10.2. The molecule has 1 heterocycles. The molecule has 0 saturated heterocycles. The van der Waals surface area contributed by atoms with Crippen molar-refractivity contribution >= 4 is 5.91 Å². The first-order chi connectivity index (χ1) is 8.18. The van der Waals surface area contributed by atoms with Crippen LogP contribution in [-0.4, -0.2) is 5.91 Å².